The lowest BCUT2D eigenvalue weighted by Crippen LogP contribution is -2.04. The first-order valence-electron chi connectivity index (χ1n) is 6.77. The Kier molecular flexibility index (Phi) is 3.14. The monoisotopic (exact) mass is 345 g/mol. The van der Waals surface area contributed by atoms with E-state index in [-0.39, 0.29) is 16.3 Å². The van der Waals surface area contributed by atoms with Gasteiger partial charge >= 0.3 is 0 Å². The minimum atomic E-state index is -0.524. The number of benzene rings is 2. The Labute approximate surface area is 138 Å². The van der Waals surface area contributed by atoms with Crippen LogP contribution in [-0.4, -0.2) is 10.1 Å². The highest BCUT2D eigenvalue weighted by atomic mass is 35.5. The van der Waals surface area contributed by atoms with Crippen LogP contribution in [0.5, 0.6) is 5.75 Å². The highest BCUT2D eigenvalue weighted by Crippen LogP contribution is 2.40. The van der Waals surface area contributed by atoms with E-state index in [0.717, 1.165) is 5.39 Å². The minimum Gasteiger partial charge on any atom is -0.507 e. The number of H-pyrrole nitrogens is 1. The molecule has 0 atom stereocenters. The lowest BCUT2D eigenvalue weighted by atomic mass is 9.97. The second kappa shape index (κ2) is 5.08. The number of hydrogen-bond acceptors (Lipinski definition) is 3. The molecule has 0 saturated heterocycles. The predicted molar refractivity (Wildman–Crippen MR) is 92.0 cm³/mol. The number of halogens is 2. The summed E-state index contributed by atoms with van der Waals surface area (Å²) >= 11 is 7.21. The number of fused-ring (bicyclic) bond motifs is 3. The summed E-state index contributed by atoms with van der Waals surface area (Å²) in [6.45, 7) is 0. The van der Waals surface area contributed by atoms with E-state index in [2.05, 4.69) is 4.98 Å². The summed E-state index contributed by atoms with van der Waals surface area (Å²) in [5, 5.41) is 13.6. The van der Waals surface area contributed by atoms with Crippen LogP contribution in [-0.2, 0) is 0 Å². The summed E-state index contributed by atoms with van der Waals surface area (Å²) in [6, 6.07) is 9.27. The predicted octanol–water partition coefficient (Wildman–Crippen LogP) is 4.91. The molecule has 0 saturated carbocycles. The number of aromatic hydroxyl groups is 1. The van der Waals surface area contributed by atoms with Crippen LogP contribution in [0.15, 0.2) is 46.6 Å². The second-order valence-electron chi connectivity index (χ2n) is 5.13. The van der Waals surface area contributed by atoms with Gasteiger partial charge in [-0.25, -0.2) is 4.39 Å². The van der Waals surface area contributed by atoms with Crippen LogP contribution in [0.3, 0.4) is 0 Å². The molecule has 0 fully saturated rings. The third-order valence-electron chi connectivity index (χ3n) is 3.78. The Balaban J connectivity index is 2.21. The number of aromatic nitrogens is 1. The zero-order chi connectivity index (χ0) is 16.1. The van der Waals surface area contributed by atoms with Gasteiger partial charge in [-0.15, -0.1) is 11.3 Å². The molecule has 23 heavy (non-hydrogen) atoms. The first-order chi connectivity index (χ1) is 11.1. The fourth-order valence-electron chi connectivity index (χ4n) is 2.78. The average Bonchev–Trinajstić information content (AvgIpc) is 3.01. The van der Waals surface area contributed by atoms with Crippen LogP contribution in [0.4, 0.5) is 4.39 Å². The molecule has 2 aromatic heterocycles. The van der Waals surface area contributed by atoms with Crippen molar-refractivity contribution in [2.24, 2.45) is 0 Å². The molecule has 4 rings (SSSR count). The normalized spacial score (nSPS) is 11.4. The van der Waals surface area contributed by atoms with Gasteiger partial charge in [0.05, 0.1) is 5.02 Å². The van der Waals surface area contributed by atoms with E-state index >= 15 is 0 Å². The second-order valence-corrected chi connectivity index (χ2v) is 6.45. The molecule has 3 nitrogen and oxygen atoms in total. The van der Waals surface area contributed by atoms with E-state index in [1.54, 1.807) is 12.1 Å². The molecule has 4 aromatic rings. The maximum atomic E-state index is 13.4. The largest absolute Gasteiger partial charge is 0.507 e. The third-order valence-corrected chi connectivity index (χ3v) is 4.98. The molecule has 0 spiro atoms. The fraction of sp³-hybridized carbons (Fsp3) is 0. The first-order valence-corrected chi connectivity index (χ1v) is 8.02. The maximum Gasteiger partial charge on any atom is 0.266 e. The van der Waals surface area contributed by atoms with Gasteiger partial charge in [-0.1, -0.05) is 17.7 Å². The Morgan fingerprint density at radius 3 is 2.78 bits per heavy atom. The molecule has 0 aliphatic carbocycles. The van der Waals surface area contributed by atoms with Gasteiger partial charge in [0, 0.05) is 21.9 Å². The van der Waals surface area contributed by atoms with Crippen molar-refractivity contribution < 1.29 is 9.50 Å². The number of hydrogen-bond donors (Lipinski definition) is 2. The van der Waals surface area contributed by atoms with Gasteiger partial charge in [0.1, 0.15) is 16.3 Å². The smallest absolute Gasteiger partial charge is 0.266 e. The van der Waals surface area contributed by atoms with E-state index in [4.69, 9.17) is 11.6 Å². The van der Waals surface area contributed by atoms with E-state index < -0.39 is 5.82 Å². The van der Waals surface area contributed by atoms with Crippen molar-refractivity contribution in [3.63, 3.8) is 0 Å². The highest BCUT2D eigenvalue weighted by molar-refractivity contribution is 7.17. The van der Waals surface area contributed by atoms with Gasteiger partial charge in [-0.05, 0) is 41.3 Å². The molecule has 2 aromatic carbocycles. The van der Waals surface area contributed by atoms with Crippen molar-refractivity contribution in [1.82, 2.24) is 4.98 Å². The van der Waals surface area contributed by atoms with Crippen molar-refractivity contribution in [2.75, 3.05) is 0 Å². The molecule has 0 unspecified atom stereocenters. The van der Waals surface area contributed by atoms with Gasteiger partial charge in [-0.3, -0.25) is 4.79 Å². The molecule has 0 bridgehead atoms. The molecule has 0 amide bonds. The molecule has 2 heterocycles. The zero-order valence-electron chi connectivity index (χ0n) is 11.6. The number of thiophene rings is 1. The van der Waals surface area contributed by atoms with Crippen LogP contribution >= 0.6 is 22.9 Å². The quantitative estimate of drug-likeness (QED) is 0.515. The molecule has 0 aliphatic heterocycles. The SMILES string of the molecule is O=c1[nH]c2ccc(O)c(-c3ccc(F)c(Cl)c3)c2c2ccsc12. The molecular weight excluding hydrogens is 337 g/mol. The van der Waals surface area contributed by atoms with Crippen LogP contribution in [0.1, 0.15) is 0 Å². The minimum absolute atomic E-state index is 0.0232. The summed E-state index contributed by atoms with van der Waals surface area (Å²) in [4.78, 5) is 14.9. The van der Waals surface area contributed by atoms with E-state index in [1.807, 2.05) is 11.4 Å². The Hall–Kier alpha value is -2.37. The molecule has 114 valence electrons. The van der Waals surface area contributed by atoms with Gasteiger partial charge < -0.3 is 10.1 Å². The zero-order valence-corrected chi connectivity index (χ0v) is 13.1. The summed E-state index contributed by atoms with van der Waals surface area (Å²) < 4.78 is 14.0. The molecule has 2 N–H and O–H groups in total. The third kappa shape index (κ3) is 2.12. The van der Waals surface area contributed by atoms with E-state index in [1.165, 1.54) is 29.5 Å². The topological polar surface area (TPSA) is 53.1 Å². The van der Waals surface area contributed by atoms with Crippen LogP contribution in [0.25, 0.3) is 32.1 Å². The maximum absolute atomic E-state index is 13.4. The van der Waals surface area contributed by atoms with Crippen LogP contribution in [0, 0.1) is 5.82 Å². The lowest BCUT2D eigenvalue weighted by Gasteiger charge is -2.11. The van der Waals surface area contributed by atoms with Gasteiger partial charge in [0.25, 0.3) is 5.56 Å². The summed E-state index contributed by atoms with van der Waals surface area (Å²) in [6.07, 6.45) is 0. The number of phenolic OH excluding ortho intramolecular Hbond substituents is 1. The van der Waals surface area contributed by atoms with Crippen molar-refractivity contribution in [2.45, 2.75) is 0 Å². The van der Waals surface area contributed by atoms with E-state index in [0.29, 0.717) is 26.7 Å². The fourth-order valence-corrected chi connectivity index (χ4v) is 3.76. The van der Waals surface area contributed by atoms with Gasteiger partial charge in [0.2, 0.25) is 0 Å². The van der Waals surface area contributed by atoms with Crippen molar-refractivity contribution in [3.8, 4) is 16.9 Å². The summed E-state index contributed by atoms with van der Waals surface area (Å²) in [5.41, 5.74) is 1.54. The number of nitrogens with one attached hydrogen (secondary N) is 1. The number of phenols is 1. The van der Waals surface area contributed by atoms with Crippen LogP contribution in [0.2, 0.25) is 5.02 Å². The number of pyridine rings is 1. The Morgan fingerprint density at radius 2 is 2.00 bits per heavy atom. The highest BCUT2D eigenvalue weighted by Gasteiger charge is 2.16. The summed E-state index contributed by atoms with van der Waals surface area (Å²) in [7, 11) is 0. The Bertz CT molecular complexity index is 1130. The first kappa shape index (κ1) is 14.2. The van der Waals surface area contributed by atoms with Crippen LogP contribution < -0.4 is 5.56 Å². The average molecular weight is 346 g/mol. The van der Waals surface area contributed by atoms with Gasteiger partial charge in [0.15, 0.2) is 0 Å². The van der Waals surface area contributed by atoms with Gasteiger partial charge in [-0.2, -0.15) is 0 Å². The Morgan fingerprint density at radius 1 is 1.17 bits per heavy atom. The molecule has 0 radical (unpaired) electrons. The summed E-state index contributed by atoms with van der Waals surface area (Å²) in [5.74, 6) is -0.482. The molecule has 0 aliphatic rings. The van der Waals surface area contributed by atoms with Crippen molar-refractivity contribution in [3.05, 3.63) is 63.0 Å². The standard InChI is InChI=1S/C17H9ClFNO2S/c18-10-7-8(1-2-11(10)19)14-13(21)4-3-12-15(14)9-5-6-23-16(9)17(22)20-12/h1-7,21H,(H,20,22). The van der Waals surface area contributed by atoms with E-state index in [9.17, 15) is 14.3 Å². The number of aromatic amines is 1. The molecular formula is C17H9ClFNO2S. The van der Waals surface area contributed by atoms with Crippen molar-refractivity contribution >= 4 is 43.9 Å². The number of rotatable bonds is 1. The lowest BCUT2D eigenvalue weighted by molar-refractivity contribution is 0.478. The molecule has 6 heteroatoms. The van der Waals surface area contributed by atoms with Crippen molar-refractivity contribution in [1.29, 1.82) is 0 Å².